The number of nitrogens with zero attached hydrogens (tertiary/aromatic N) is 4. The average molecular weight is 509 g/mol. The molecule has 4 rings (SSSR count). The van der Waals surface area contributed by atoms with Gasteiger partial charge in [0.05, 0.1) is 31.8 Å². The normalized spacial score (nSPS) is 20.6. The summed E-state index contributed by atoms with van der Waals surface area (Å²) >= 11 is 4.74. The summed E-state index contributed by atoms with van der Waals surface area (Å²) < 4.78 is 21.2. The van der Waals surface area contributed by atoms with Gasteiger partial charge in [-0.1, -0.05) is 23.4 Å². The molecular formula is C24H30ClFN4O3S. The number of hydrogen-bond donors (Lipinski definition) is 1. The van der Waals surface area contributed by atoms with Crippen molar-refractivity contribution >= 4 is 42.9 Å². The molecule has 1 aromatic heterocycles. The molecule has 1 aliphatic heterocycles. The lowest BCUT2D eigenvalue weighted by Crippen LogP contribution is -2.42. The lowest BCUT2D eigenvalue weighted by molar-refractivity contribution is -0.143. The van der Waals surface area contributed by atoms with E-state index in [1.807, 2.05) is 6.08 Å². The van der Waals surface area contributed by atoms with Crippen molar-refractivity contribution < 1.29 is 18.7 Å². The Balaban J connectivity index is 0.00000324. The van der Waals surface area contributed by atoms with E-state index in [4.69, 9.17) is 17.4 Å². The summed E-state index contributed by atoms with van der Waals surface area (Å²) in [7, 11) is 0. The number of likely N-dealkylation sites (tertiary alicyclic amines) is 1. The Morgan fingerprint density at radius 3 is 2.76 bits per heavy atom. The highest BCUT2D eigenvalue weighted by Crippen LogP contribution is 2.39. The number of esters is 1. The molecule has 1 aromatic carbocycles. The van der Waals surface area contributed by atoms with E-state index in [1.165, 1.54) is 6.07 Å². The second kappa shape index (κ2) is 12.0. The van der Waals surface area contributed by atoms with E-state index in [0.29, 0.717) is 37.5 Å². The predicted octanol–water partition coefficient (Wildman–Crippen LogP) is 3.90. The molecule has 1 saturated heterocycles. The minimum atomic E-state index is -0.594. The van der Waals surface area contributed by atoms with Crippen molar-refractivity contribution in [2.75, 3.05) is 19.7 Å². The number of carbonyl (C=O) groups is 2. The number of piperidine rings is 1. The standard InChI is InChI=1S/C24H29FN4O3S.ClH/c1-2-32-22(30)10-12-29-15-18(26-27-29)13-17-14-28(11-9-21(17)33)23(24(31)16-7-8-16)19-5-3-4-6-20(19)25;/h3-6,13,15-16,21,23,33H,2,7-12,14H2,1H3;1H. The van der Waals surface area contributed by atoms with Gasteiger partial charge in [-0.3, -0.25) is 19.2 Å². The minimum absolute atomic E-state index is 0. The summed E-state index contributed by atoms with van der Waals surface area (Å²) in [5.74, 6) is -0.498. The first-order valence-electron chi connectivity index (χ1n) is 11.4. The van der Waals surface area contributed by atoms with Crippen molar-refractivity contribution in [2.45, 2.75) is 50.4 Å². The molecule has 1 saturated carbocycles. The van der Waals surface area contributed by atoms with Crippen LogP contribution in [0.2, 0.25) is 0 Å². The molecule has 2 aromatic rings. The molecule has 7 nitrogen and oxygen atoms in total. The average Bonchev–Trinajstić information content (AvgIpc) is 3.56. The Morgan fingerprint density at radius 1 is 1.29 bits per heavy atom. The summed E-state index contributed by atoms with van der Waals surface area (Å²) in [5.41, 5.74) is 2.11. The Hall–Kier alpha value is -2.23. The van der Waals surface area contributed by atoms with Crippen LogP contribution in [0.4, 0.5) is 4.39 Å². The lowest BCUT2D eigenvalue weighted by Gasteiger charge is -2.37. The van der Waals surface area contributed by atoms with Crippen molar-refractivity contribution in [1.82, 2.24) is 19.9 Å². The molecule has 1 aliphatic carbocycles. The van der Waals surface area contributed by atoms with Crippen LogP contribution in [0.3, 0.4) is 0 Å². The molecule has 0 radical (unpaired) electrons. The molecule has 0 bridgehead atoms. The van der Waals surface area contributed by atoms with Crippen LogP contribution in [0.5, 0.6) is 0 Å². The quantitative estimate of drug-likeness (QED) is 0.409. The third-order valence-corrected chi connectivity index (χ3v) is 6.65. The smallest absolute Gasteiger partial charge is 0.307 e. The van der Waals surface area contributed by atoms with Crippen molar-refractivity contribution in [1.29, 1.82) is 0 Å². The van der Waals surface area contributed by atoms with Gasteiger partial charge in [-0.2, -0.15) is 12.6 Å². The van der Waals surface area contributed by atoms with Crippen LogP contribution in [0.15, 0.2) is 36.0 Å². The molecule has 0 amide bonds. The van der Waals surface area contributed by atoms with Crippen LogP contribution in [-0.4, -0.2) is 56.6 Å². The van der Waals surface area contributed by atoms with Crippen molar-refractivity contribution in [2.24, 2.45) is 5.92 Å². The number of ketones is 1. The van der Waals surface area contributed by atoms with Crippen LogP contribution in [0.25, 0.3) is 6.08 Å². The van der Waals surface area contributed by atoms with Gasteiger partial charge in [0.25, 0.3) is 0 Å². The maximum absolute atomic E-state index is 14.7. The first kappa shape index (κ1) is 26.4. The molecule has 2 atom stereocenters. The zero-order valence-electron chi connectivity index (χ0n) is 19.1. The number of thiol groups is 1. The highest BCUT2D eigenvalue weighted by atomic mass is 35.5. The Bertz CT molecular complexity index is 1040. The SMILES string of the molecule is CCOC(=O)CCn1cc(C=C2CN(C(C(=O)C3CC3)c3ccccc3F)CCC2S)nn1.Cl. The number of carbonyl (C=O) groups excluding carboxylic acids is 2. The molecule has 2 fully saturated rings. The van der Waals surface area contributed by atoms with E-state index >= 15 is 0 Å². The van der Waals surface area contributed by atoms with Crippen LogP contribution in [0, 0.1) is 11.7 Å². The summed E-state index contributed by atoms with van der Waals surface area (Å²) in [4.78, 5) is 26.8. The van der Waals surface area contributed by atoms with Gasteiger partial charge in [-0.05, 0) is 43.9 Å². The van der Waals surface area contributed by atoms with Crippen molar-refractivity contribution in [3.05, 3.63) is 53.1 Å². The molecule has 0 N–H and O–H groups in total. The van der Waals surface area contributed by atoms with Crippen LogP contribution >= 0.6 is 25.0 Å². The van der Waals surface area contributed by atoms with Gasteiger partial charge in [0, 0.05) is 29.8 Å². The fourth-order valence-electron chi connectivity index (χ4n) is 4.19. The number of aromatic nitrogens is 3. The first-order chi connectivity index (χ1) is 16.0. The zero-order valence-corrected chi connectivity index (χ0v) is 20.8. The van der Waals surface area contributed by atoms with Gasteiger partial charge < -0.3 is 4.74 Å². The number of ether oxygens (including phenoxy) is 1. The number of hydrogen-bond acceptors (Lipinski definition) is 7. The topological polar surface area (TPSA) is 77.3 Å². The van der Waals surface area contributed by atoms with E-state index in [-0.39, 0.29) is 47.6 Å². The van der Waals surface area contributed by atoms with Gasteiger partial charge in [-0.25, -0.2) is 4.39 Å². The molecule has 184 valence electrons. The fourth-order valence-corrected chi connectivity index (χ4v) is 4.46. The number of rotatable bonds is 9. The van der Waals surface area contributed by atoms with E-state index in [1.54, 1.807) is 36.0 Å². The van der Waals surface area contributed by atoms with E-state index in [0.717, 1.165) is 24.8 Å². The number of benzene rings is 1. The molecule has 2 unspecified atom stereocenters. The van der Waals surface area contributed by atoms with Crippen LogP contribution < -0.4 is 0 Å². The number of aryl methyl sites for hydroxylation is 1. The van der Waals surface area contributed by atoms with Crippen molar-refractivity contribution in [3.8, 4) is 0 Å². The molecule has 2 heterocycles. The second-order valence-electron chi connectivity index (χ2n) is 8.56. The Kier molecular flexibility index (Phi) is 9.27. The highest BCUT2D eigenvalue weighted by molar-refractivity contribution is 7.81. The van der Waals surface area contributed by atoms with Gasteiger partial charge in [0.15, 0.2) is 5.78 Å². The van der Waals surface area contributed by atoms with E-state index < -0.39 is 6.04 Å². The molecule has 2 aliphatic rings. The van der Waals surface area contributed by atoms with Crippen LogP contribution in [-0.2, 0) is 20.9 Å². The number of Topliss-reactive ketones (excluding diaryl/α,β-unsaturated/α-hetero) is 1. The zero-order chi connectivity index (χ0) is 23.4. The van der Waals surface area contributed by atoms with Gasteiger partial charge in [0.1, 0.15) is 11.5 Å². The summed E-state index contributed by atoms with van der Waals surface area (Å²) in [6.07, 6.45) is 6.43. The minimum Gasteiger partial charge on any atom is -0.466 e. The molecule has 0 spiro atoms. The van der Waals surface area contributed by atoms with Crippen molar-refractivity contribution in [3.63, 3.8) is 0 Å². The molecular weight excluding hydrogens is 479 g/mol. The Labute approximate surface area is 210 Å². The fraction of sp³-hybridized carbons (Fsp3) is 0.500. The number of halogens is 2. The summed E-state index contributed by atoms with van der Waals surface area (Å²) in [5, 5.41) is 8.29. The van der Waals surface area contributed by atoms with Gasteiger partial charge in [-0.15, -0.1) is 17.5 Å². The third-order valence-electron chi connectivity index (χ3n) is 6.06. The molecule has 10 heteroatoms. The first-order valence-corrected chi connectivity index (χ1v) is 11.9. The van der Waals surface area contributed by atoms with E-state index in [2.05, 4.69) is 15.2 Å². The predicted molar refractivity (Wildman–Crippen MR) is 132 cm³/mol. The maximum Gasteiger partial charge on any atom is 0.307 e. The van der Waals surface area contributed by atoms with E-state index in [9.17, 15) is 14.0 Å². The largest absolute Gasteiger partial charge is 0.466 e. The summed E-state index contributed by atoms with van der Waals surface area (Å²) in [6.45, 7) is 3.67. The maximum atomic E-state index is 14.7. The lowest BCUT2D eigenvalue weighted by atomic mass is 9.93. The molecule has 34 heavy (non-hydrogen) atoms. The summed E-state index contributed by atoms with van der Waals surface area (Å²) in [6, 6.07) is 5.96. The second-order valence-corrected chi connectivity index (χ2v) is 9.18. The van der Waals surface area contributed by atoms with Gasteiger partial charge in [0.2, 0.25) is 0 Å². The monoisotopic (exact) mass is 508 g/mol. The highest BCUT2D eigenvalue weighted by Gasteiger charge is 2.40. The third kappa shape index (κ3) is 6.46. The Morgan fingerprint density at radius 2 is 2.06 bits per heavy atom. The van der Waals surface area contributed by atoms with Crippen LogP contribution in [0.1, 0.15) is 49.9 Å². The van der Waals surface area contributed by atoms with Gasteiger partial charge >= 0.3 is 5.97 Å².